The number of hydrogen-bond acceptors (Lipinski definition) is 4. The molecule has 152 valence electrons. The summed E-state index contributed by atoms with van der Waals surface area (Å²) in [7, 11) is 0. The maximum absolute atomic E-state index is 13.1. The van der Waals surface area contributed by atoms with Crippen molar-refractivity contribution in [3.05, 3.63) is 46.8 Å². The second-order valence-electron chi connectivity index (χ2n) is 7.76. The molecule has 1 N–H and O–H groups in total. The molecule has 1 aliphatic rings. The molecular weight excluding hydrogens is 382 g/mol. The molecule has 5 nitrogen and oxygen atoms in total. The molecular formula is C23H27N3O2S. The van der Waals surface area contributed by atoms with Crippen molar-refractivity contribution in [2.75, 3.05) is 0 Å². The monoisotopic (exact) mass is 409 g/mol. The summed E-state index contributed by atoms with van der Waals surface area (Å²) in [5.41, 5.74) is 0.631. The van der Waals surface area contributed by atoms with Crippen molar-refractivity contribution in [1.29, 1.82) is 0 Å². The first-order valence-corrected chi connectivity index (χ1v) is 11.3. The van der Waals surface area contributed by atoms with E-state index in [1.807, 2.05) is 50.2 Å². The Balaban J connectivity index is 1.64. The Morgan fingerprint density at radius 1 is 1.21 bits per heavy atom. The van der Waals surface area contributed by atoms with Crippen molar-refractivity contribution in [1.82, 2.24) is 14.9 Å². The van der Waals surface area contributed by atoms with E-state index in [1.54, 1.807) is 4.57 Å². The van der Waals surface area contributed by atoms with Crippen molar-refractivity contribution in [3.8, 4) is 0 Å². The fourth-order valence-corrected chi connectivity index (χ4v) is 5.02. The Morgan fingerprint density at radius 3 is 2.59 bits per heavy atom. The number of carbonyl (C=O) groups is 1. The number of carbonyl (C=O) groups excluding carboxylic acids is 1. The molecule has 0 spiro atoms. The van der Waals surface area contributed by atoms with Crippen LogP contribution in [0, 0.1) is 0 Å². The third-order valence-electron chi connectivity index (χ3n) is 5.71. The lowest BCUT2D eigenvalue weighted by Gasteiger charge is -2.24. The van der Waals surface area contributed by atoms with Crippen molar-refractivity contribution < 1.29 is 4.79 Å². The van der Waals surface area contributed by atoms with E-state index in [9.17, 15) is 9.59 Å². The molecule has 6 heteroatoms. The third-order valence-corrected chi connectivity index (χ3v) is 6.80. The van der Waals surface area contributed by atoms with Gasteiger partial charge in [0.15, 0.2) is 5.16 Å². The average Bonchev–Trinajstić information content (AvgIpc) is 2.73. The van der Waals surface area contributed by atoms with Crippen LogP contribution in [0.4, 0.5) is 0 Å². The highest BCUT2D eigenvalue weighted by molar-refractivity contribution is 8.00. The second-order valence-corrected chi connectivity index (χ2v) is 9.07. The lowest BCUT2D eigenvalue weighted by molar-refractivity contribution is -0.121. The van der Waals surface area contributed by atoms with E-state index in [0.717, 1.165) is 23.6 Å². The normalized spacial score (nSPS) is 16.2. The maximum Gasteiger partial charge on any atom is 0.262 e. The predicted octanol–water partition coefficient (Wildman–Crippen LogP) is 4.50. The van der Waals surface area contributed by atoms with Gasteiger partial charge >= 0.3 is 0 Å². The molecule has 0 unspecified atom stereocenters. The molecule has 0 aliphatic heterocycles. The summed E-state index contributed by atoms with van der Waals surface area (Å²) < 4.78 is 1.67. The number of fused-ring (bicyclic) bond motifs is 2. The van der Waals surface area contributed by atoms with Crippen LogP contribution in [0.15, 0.2) is 46.3 Å². The number of nitrogens with zero attached hydrogens (tertiary/aromatic N) is 2. The zero-order valence-corrected chi connectivity index (χ0v) is 17.8. The smallest absolute Gasteiger partial charge is 0.262 e. The van der Waals surface area contributed by atoms with Crippen LogP contribution < -0.4 is 10.9 Å². The van der Waals surface area contributed by atoms with Gasteiger partial charge in [0.05, 0.1) is 16.2 Å². The molecule has 0 saturated heterocycles. The molecule has 0 radical (unpaired) electrons. The summed E-state index contributed by atoms with van der Waals surface area (Å²) >= 11 is 1.37. The van der Waals surface area contributed by atoms with Crippen LogP contribution in [0.5, 0.6) is 0 Å². The molecule has 2 aromatic carbocycles. The molecule has 0 bridgehead atoms. The number of thioether (sulfide) groups is 1. The van der Waals surface area contributed by atoms with Gasteiger partial charge in [-0.3, -0.25) is 14.2 Å². The van der Waals surface area contributed by atoms with Gasteiger partial charge in [0, 0.05) is 12.6 Å². The van der Waals surface area contributed by atoms with Gasteiger partial charge in [-0.05, 0) is 49.6 Å². The first-order chi connectivity index (χ1) is 14.1. The molecule has 29 heavy (non-hydrogen) atoms. The number of rotatable bonds is 5. The lowest BCUT2D eigenvalue weighted by atomic mass is 9.95. The van der Waals surface area contributed by atoms with Gasteiger partial charge in [0.1, 0.15) is 0 Å². The van der Waals surface area contributed by atoms with Crippen molar-refractivity contribution in [3.63, 3.8) is 0 Å². The quantitative estimate of drug-likeness (QED) is 0.383. The summed E-state index contributed by atoms with van der Waals surface area (Å²) in [6, 6.07) is 12.1. The number of nitrogens with one attached hydrogen (secondary N) is 1. The third kappa shape index (κ3) is 4.17. The Labute approximate surface area is 174 Å². The summed E-state index contributed by atoms with van der Waals surface area (Å²) in [6.45, 7) is 4.35. The highest BCUT2D eigenvalue weighted by Crippen LogP contribution is 2.26. The average molecular weight is 410 g/mol. The fourth-order valence-electron chi connectivity index (χ4n) is 4.03. The maximum atomic E-state index is 13.1. The van der Waals surface area contributed by atoms with Gasteiger partial charge < -0.3 is 5.32 Å². The van der Waals surface area contributed by atoms with E-state index in [-0.39, 0.29) is 22.8 Å². The standard InChI is InChI=1S/C23H27N3O2S/c1-3-26-22(28)19-13-16-9-7-8-10-17(16)14-20(19)25-23(26)29-15(2)21(27)24-18-11-5-4-6-12-18/h7-10,13-15,18H,3-6,11-12H2,1-2H3,(H,24,27)/t15-/m0/s1. The molecule has 3 aromatic rings. The zero-order chi connectivity index (χ0) is 20.4. The van der Waals surface area contributed by atoms with Crippen LogP contribution >= 0.6 is 11.8 Å². The Bertz CT molecular complexity index is 1100. The molecule has 1 fully saturated rings. The lowest BCUT2D eigenvalue weighted by Crippen LogP contribution is -2.40. The molecule has 1 heterocycles. The topological polar surface area (TPSA) is 64.0 Å². The van der Waals surface area contributed by atoms with Gasteiger partial charge in [0.25, 0.3) is 5.56 Å². The van der Waals surface area contributed by atoms with Crippen LogP contribution in [0.25, 0.3) is 21.7 Å². The summed E-state index contributed by atoms with van der Waals surface area (Å²) in [6.07, 6.45) is 5.74. The summed E-state index contributed by atoms with van der Waals surface area (Å²) in [4.78, 5) is 30.6. The number of amides is 1. The van der Waals surface area contributed by atoms with Crippen molar-refractivity contribution in [2.45, 2.75) is 68.9 Å². The fraction of sp³-hybridized carbons (Fsp3) is 0.435. The molecule has 1 aromatic heterocycles. The molecule has 1 saturated carbocycles. The Kier molecular flexibility index (Phi) is 5.90. The van der Waals surface area contributed by atoms with Gasteiger partial charge in [-0.2, -0.15) is 0 Å². The second kappa shape index (κ2) is 8.57. The van der Waals surface area contributed by atoms with Crippen LogP contribution in [0.2, 0.25) is 0 Å². The Morgan fingerprint density at radius 2 is 1.90 bits per heavy atom. The number of aromatic nitrogens is 2. The number of benzene rings is 2. The minimum Gasteiger partial charge on any atom is -0.352 e. The molecule has 1 aliphatic carbocycles. The Hall–Kier alpha value is -2.34. The minimum absolute atomic E-state index is 0.0254. The minimum atomic E-state index is -0.306. The highest BCUT2D eigenvalue weighted by atomic mass is 32.2. The van der Waals surface area contributed by atoms with Gasteiger partial charge in [-0.25, -0.2) is 4.98 Å². The van der Waals surface area contributed by atoms with Gasteiger partial charge in [-0.1, -0.05) is 55.3 Å². The van der Waals surface area contributed by atoms with Crippen LogP contribution in [-0.2, 0) is 11.3 Å². The first kappa shape index (κ1) is 20.0. The first-order valence-electron chi connectivity index (χ1n) is 10.5. The molecule has 1 atom stereocenters. The SMILES string of the molecule is CCn1c(S[C@@H](C)C(=O)NC2CCCCC2)nc2cc3ccccc3cc2c1=O. The molecule has 4 rings (SSSR count). The highest BCUT2D eigenvalue weighted by Gasteiger charge is 2.22. The van der Waals surface area contributed by atoms with E-state index in [0.29, 0.717) is 22.6 Å². The van der Waals surface area contributed by atoms with Crippen LogP contribution in [0.3, 0.4) is 0 Å². The predicted molar refractivity (Wildman–Crippen MR) is 120 cm³/mol. The van der Waals surface area contributed by atoms with Crippen molar-refractivity contribution >= 4 is 39.3 Å². The van der Waals surface area contributed by atoms with E-state index >= 15 is 0 Å². The summed E-state index contributed by atoms with van der Waals surface area (Å²) in [5.74, 6) is 0.0254. The number of hydrogen-bond donors (Lipinski definition) is 1. The van der Waals surface area contributed by atoms with Gasteiger partial charge in [0.2, 0.25) is 5.91 Å². The zero-order valence-electron chi connectivity index (χ0n) is 17.0. The van der Waals surface area contributed by atoms with Crippen LogP contribution in [0.1, 0.15) is 46.0 Å². The van der Waals surface area contributed by atoms with Crippen molar-refractivity contribution in [2.24, 2.45) is 0 Å². The van der Waals surface area contributed by atoms with E-state index in [1.165, 1.54) is 31.0 Å². The van der Waals surface area contributed by atoms with Gasteiger partial charge in [-0.15, -0.1) is 0 Å². The molecule has 1 amide bonds. The van der Waals surface area contributed by atoms with E-state index < -0.39 is 0 Å². The van der Waals surface area contributed by atoms with E-state index in [2.05, 4.69) is 5.32 Å². The van der Waals surface area contributed by atoms with Crippen LogP contribution in [-0.4, -0.2) is 26.8 Å². The summed E-state index contributed by atoms with van der Waals surface area (Å²) in [5, 5.41) is 6.18. The largest absolute Gasteiger partial charge is 0.352 e. The van der Waals surface area contributed by atoms with E-state index in [4.69, 9.17) is 4.98 Å².